The molecule has 1 heterocycles. The molecule has 0 spiro atoms. The Balaban J connectivity index is 2.24. The number of aryl methyl sites for hydroxylation is 1. The maximum atomic E-state index is 8.70. The first-order valence-electron chi connectivity index (χ1n) is 5.09. The first-order valence-corrected chi connectivity index (χ1v) is 5.85. The standard InChI is InChI=1S/C11H10Cl2N2O2/c12-7-3-4-8(9(13)6-7)11-15-14-10(17-11)2-1-5-16/h3-4,6,16H,1-2,5H2. The maximum Gasteiger partial charge on any atom is 0.249 e. The van der Waals surface area contributed by atoms with E-state index in [0.29, 0.717) is 40.2 Å². The van der Waals surface area contributed by atoms with Gasteiger partial charge in [-0.1, -0.05) is 23.2 Å². The molecule has 2 aromatic rings. The quantitative estimate of drug-likeness (QED) is 0.930. The lowest BCUT2D eigenvalue weighted by molar-refractivity contribution is 0.283. The summed E-state index contributed by atoms with van der Waals surface area (Å²) in [4.78, 5) is 0. The SMILES string of the molecule is OCCCc1nnc(-c2ccc(Cl)cc2Cl)o1. The number of aliphatic hydroxyl groups excluding tert-OH is 1. The fourth-order valence-electron chi connectivity index (χ4n) is 1.36. The summed E-state index contributed by atoms with van der Waals surface area (Å²) in [7, 11) is 0. The van der Waals surface area contributed by atoms with E-state index in [1.165, 1.54) is 0 Å². The summed E-state index contributed by atoms with van der Waals surface area (Å²) in [5, 5.41) is 17.5. The minimum Gasteiger partial charge on any atom is -0.421 e. The fraction of sp³-hybridized carbons (Fsp3) is 0.273. The molecule has 0 saturated heterocycles. The summed E-state index contributed by atoms with van der Waals surface area (Å²) < 4.78 is 5.43. The molecule has 4 nitrogen and oxygen atoms in total. The molecule has 0 atom stereocenters. The molecule has 0 saturated carbocycles. The Morgan fingerprint density at radius 1 is 1.24 bits per heavy atom. The van der Waals surface area contributed by atoms with Crippen molar-refractivity contribution < 1.29 is 9.52 Å². The number of halogens is 2. The van der Waals surface area contributed by atoms with Crippen LogP contribution in [0.5, 0.6) is 0 Å². The summed E-state index contributed by atoms with van der Waals surface area (Å²) in [5.41, 5.74) is 0.652. The lowest BCUT2D eigenvalue weighted by Gasteiger charge is -1.98. The Labute approximate surface area is 108 Å². The van der Waals surface area contributed by atoms with Gasteiger partial charge in [0.15, 0.2) is 0 Å². The van der Waals surface area contributed by atoms with Crippen LogP contribution >= 0.6 is 23.2 Å². The van der Waals surface area contributed by atoms with Crippen molar-refractivity contribution in [2.75, 3.05) is 6.61 Å². The van der Waals surface area contributed by atoms with E-state index in [9.17, 15) is 0 Å². The van der Waals surface area contributed by atoms with E-state index in [4.69, 9.17) is 32.7 Å². The number of nitrogens with zero attached hydrogens (tertiary/aromatic N) is 2. The molecule has 0 unspecified atom stereocenters. The summed E-state index contributed by atoms with van der Waals surface area (Å²) in [6.07, 6.45) is 1.14. The smallest absolute Gasteiger partial charge is 0.249 e. The highest BCUT2D eigenvalue weighted by atomic mass is 35.5. The van der Waals surface area contributed by atoms with Crippen LogP contribution in [0.15, 0.2) is 22.6 Å². The monoisotopic (exact) mass is 272 g/mol. The molecule has 1 aromatic carbocycles. The van der Waals surface area contributed by atoms with Crippen molar-refractivity contribution in [3.05, 3.63) is 34.1 Å². The van der Waals surface area contributed by atoms with E-state index in [1.807, 2.05) is 0 Å². The van der Waals surface area contributed by atoms with E-state index in [-0.39, 0.29) is 6.61 Å². The van der Waals surface area contributed by atoms with Gasteiger partial charge >= 0.3 is 0 Å². The van der Waals surface area contributed by atoms with E-state index in [0.717, 1.165) is 0 Å². The summed E-state index contributed by atoms with van der Waals surface area (Å²) in [6.45, 7) is 0.0966. The van der Waals surface area contributed by atoms with Gasteiger partial charge in [0.2, 0.25) is 11.8 Å². The van der Waals surface area contributed by atoms with Crippen molar-refractivity contribution in [2.24, 2.45) is 0 Å². The van der Waals surface area contributed by atoms with Crippen LogP contribution in [0.25, 0.3) is 11.5 Å². The molecule has 0 radical (unpaired) electrons. The molecule has 0 aliphatic carbocycles. The van der Waals surface area contributed by atoms with Crippen LogP contribution in [-0.2, 0) is 6.42 Å². The van der Waals surface area contributed by atoms with Crippen LogP contribution in [0.1, 0.15) is 12.3 Å². The molecule has 0 amide bonds. The highest BCUT2D eigenvalue weighted by molar-refractivity contribution is 6.36. The van der Waals surface area contributed by atoms with Gasteiger partial charge < -0.3 is 9.52 Å². The average Bonchev–Trinajstić information content (AvgIpc) is 2.75. The predicted molar refractivity (Wildman–Crippen MR) is 65.2 cm³/mol. The van der Waals surface area contributed by atoms with E-state index >= 15 is 0 Å². The van der Waals surface area contributed by atoms with Crippen molar-refractivity contribution in [3.63, 3.8) is 0 Å². The molecule has 1 N–H and O–H groups in total. The number of hydrogen-bond donors (Lipinski definition) is 1. The Morgan fingerprint density at radius 3 is 2.76 bits per heavy atom. The Kier molecular flexibility index (Phi) is 3.99. The zero-order valence-electron chi connectivity index (χ0n) is 8.86. The molecule has 1 aromatic heterocycles. The zero-order chi connectivity index (χ0) is 12.3. The molecule has 0 aliphatic rings. The molecule has 17 heavy (non-hydrogen) atoms. The minimum absolute atomic E-state index is 0.0966. The second-order valence-electron chi connectivity index (χ2n) is 3.45. The molecule has 0 bridgehead atoms. The van der Waals surface area contributed by atoms with Crippen molar-refractivity contribution in [1.29, 1.82) is 0 Å². The molecular formula is C11H10Cl2N2O2. The number of benzene rings is 1. The largest absolute Gasteiger partial charge is 0.421 e. The van der Waals surface area contributed by atoms with Gasteiger partial charge in [-0.25, -0.2) is 0 Å². The molecule has 0 aliphatic heterocycles. The van der Waals surface area contributed by atoms with Crippen LogP contribution in [0.2, 0.25) is 10.0 Å². The first-order chi connectivity index (χ1) is 8.20. The predicted octanol–water partition coefficient (Wildman–Crippen LogP) is 2.97. The number of hydrogen-bond acceptors (Lipinski definition) is 4. The van der Waals surface area contributed by atoms with Gasteiger partial charge in [-0.15, -0.1) is 10.2 Å². The van der Waals surface area contributed by atoms with Gasteiger partial charge in [-0.3, -0.25) is 0 Å². The van der Waals surface area contributed by atoms with Crippen LogP contribution in [-0.4, -0.2) is 21.9 Å². The van der Waals surface area contributed by atoms with Gasteiger partial charge in [0.1, 0.15) is 0 Å². The van der Waals surface area contributed by atoms with Gasteiger partial charge in [-0.2, -0.15) is 0 Å². The number of aliphatic hydroxyl groups is 1. The van der Waals surface area contributed by atoms with Crippen molar-refractivity contribution in [1.82, 2.24) is 10.2 Å². The van der Waals surface area contributed by atoms with Crippen molar-refractivity contribution in [2.45, 2.75) is 12.8 Å². The van der Waals surface area contributed by atoms with Crippen LogP contribution < -0.4 is 0 Å². The number of aromatic nitrogens is 2. The second kappa shape index (κ2) is 5.49. The molecule has 0 fully saturated rings. The van der Waals surface area contributed by atoms with E-state index in [2.05, 4.69) is 10.2 Å². The van der Waals surface area contributed by atoms with E-state index < -0.39 is 0 Å². The minimum atomic E-state index is 0.0966. The fourth-order valence-corrected chi connectivity index (χ4v) is 1.85. The normalized spacial score (nSPS) is 10.8. The maximum absolute atomic E-state index is 8.70. The summed E-state index contributed by atoms with van der Waals surface area (Å²) in [6, 6.07) is 5.06. The summed E-state index contributed by atoms with van der Waals surface area (Å²) >= 11 is 11.8. The first kappa shape index (κ1) is 12.4. The Morgan fingerprint density at radius 2 is 2.06 bits per heavy atom. The average molecular weight is 273 g/mol. The third-order valence-electron chi connectivity index (χ3n) is 2.18. The van der Waals surface area contributed by atoms with Gasteiger partial charge in [0.05, 0.1) is 10.6 Å². The molecule has 2 rings (SSSR count). The van der Waals surface area contributed by atoms with Gasteiger partial charge in [-0.05, 0) is 24.6 Å². The zero-order valence-corrected chi connectivity index (χ0v) is 10.4. The summed E-state index contributed by atoms with van der Waals surface area (Å²) in [5.74, 6) is 0.847. The lowest BCUT2D eigenvalue weighted by atomic mass is 10.2. The van der Waals surface area contributed by atoms with Crippen molar-refractivity contribution in [3.8, 4) is 11.5 Å². The third kappa shape index (κ3) is 2.97. The molecular weight excluding hydrogens is 263 g/mol. The Bertz CT molecular complexity index is 514. The molecule has 6 heteroatoms. The highest BCUT2D eigenvalue weighted by Crippen LogP contribution is 2.29. The van der Waals surface area contributed by atoms with E-state index in [1.54, 1.807) is 18.2 Å². The Hall–Kier alpha value is -1.10. The topological polar surface area (TPSA) is 59.2 Å². The third-order valence-corrected chi connectivity index (χ3v) is 2.72. The van der Waals surface area contributed by atoms with Crippen molar-refractivity contribution >= 4 is 23.2 Å². The molecule has 90 valence electrons. The number of rotatable bonds is 4. The van der Waals surface area contributed by atoms with Crippen LogP contribution in [0.4, 0.5) is 0 Å². The van der Waals surface area contributed by atoms with Gasteiger partial charge in [0, 0.05) is 18.1 Å². The lowest BCUT2D eigenvalue weighted by Crippen LogP contribution is -1.88. The highest BCUT2D eigenvalue weighted by Gasteiger charge is 2.11. The van der Waals surface area contributed by atoms with Crippen LogP contribution in [0.3, 0.4) is 0 Å². The van der Waals surface area contributed by atoms with Crippen LogP contribution in [0, 0.1) is 0 Å². The van der Waals surface area contributed by atoms with Gasteiger partial charge in [0.25, 0.3) is 0 Å². The second-order valence-corrected chi connectivity index (χ2v) is 4.30.